The molecule has 0 radical (unpaired) electrons. The quantitative estimate of drug-likeness (QED) is 0.187. The fourth-order valence-electron chi connectivity index (χ4n) is 2.53. The minimum atomic E-state index is 0. The van der Waals surface area contributed by atoms with Crippen molar-refractivity contribution in [2.24, 2.45) is 4.99 Å². The number of nitrogens with one attached hydrogen (secondary N) is 2. The number of hydrogen-bond donors (Lipinski definition) is 2. The van der Waals surface area contributed by atoms with Gasteiger partial charge < -0.3 is 24.5 Å². The Bertz CT molecular complexity index is 711. The summed E-state index contributed by atoms with van der Waals surface area (Å²) in [6.45, 7) is 5.30. The average Bonchev–Trinajstić information content (AvgIpc) is 3.20. The number of aryl methyl sites for hydroxylation is 1. The molecular formula is C21H32IN3O3S. The van der Waals surface area contributed by atoms with E-state index in [1.807, 2.05) is 18.2 Å². The maximum atomic E-state index is 5.87. The molecule has 0 aliphatic heterocycles. The van der Waals surface area contributed by atoms with Gasteiger partial charge in [-0.1, -0.05) is 12.1 Å². The highest BCUT2D eigenvalue weighted by molar-refractivity contribution is 14.0. The first kappa shape index (κ1) is 25.6. The number of hydrogen-bond acceptors (Lipinski definition) is 5. The summed E-state index contributed by atoms with van der Waals surface area (Å²) in [5, 5.41) is 6.76. The highest BCUT2D eigenvalue weighted by atomic mass is 127. The van der Waals surface area contributed by atoms with Gasteiger partial charge in [0.05, 0.1) is 19.4 Å². The Morgan fingerprint density at radius 3 is 2.72 bits per heavy atom. The lowest BCUT2D eigenvalue weighted by Crippen LogP contribution is -2.39. The van der Waals surface area contributed by atoms with Crippen molar-refractivity contribution in [3.8, 4) is 5.75 Å². The summed E-state index contributed by atoms with van der Waals surface area (Å²) >= 11 is 1.80. The molecule has 1 heterocycles. The number of benzene rings is 1. The second-order valence-electron chi connectivity index (χ2n) is 6.29. The molecule has 0 atom stereocenters. The van der Waals surface area contributed by atoms with E-state index in [1.165, 1.54) is 0 Å². The van der Waals surface area contributed by atoms with Gasteiger partial charge >= 0.3 is 0 Å². The summed E-state index contributed by atoms with van der Waals surface area (Å²) < 4.78 is 16.3. The van der Waals surface area contributed by atoms with Crippen LogP contribution in [-0.4, -0.2) is 51.4 Å². The summed E-state index contributed by atoms with van der Waals surface area (Å²) in [6, 6.07) is 10.1. The summed E-state index contributed by atoms with van der Waals surface area (Å²) in [4.78, 5) is 4.75. The molecule has 0 aliphatic carbocycles. The molecule has 0 fully saturated rings. The van der Waals surface area contributed by atoms with Crippen LogP contribution >= 0.6 is 35.7 Å². The molecule has 1 aromatic heterocycles. The Balaban J connectivity index is 0.00000420. The monoisotopic (exact) mass is 533 g/mol. The summed E-state index contributed by atoms with van der Waals surface area (Å²) in [6.07, 6.45) is 4.61. The number of furan rings is 1. The van der Waals surface area contributed by atoms with Gasteiger partial charge in [-0.05, 0) is 36.9 Å². The lowest BCUT2D eigenvalue weighted by atomic mass is 10.1. The number of methoxy groups -OCH3 is 1. The van der Waals surface area contributed by atoms with Gasteiger partial charge in [-0.15, -0.1) is 24.0 Å². The Hall–Kier alpha value is -1.39. The normalized spacial score (nSPS) is 11.1. The van der Waals surface area contributed by atoms with Crippen molar-refractivity contribution in [3.05, 3.63) is 53.5 Å². The zero-order chi connectivity index (χ0) is 20.0. The number of aliphatic imine (C=N–C) groups is 1. The Labute approximate surface area is 195 Å². The number of ether oxygens (including phenoxy) is 2. The third-order valence-corrected chi connectivity index (χ3v) is 4.63. The molecule has 0 spiro atoms. The van der Waals surface area contributed by atoms with E-state index < -0.39 is 0 Å². The lowest BCUT2D eigenvalue weighted by Gasteiger charge is -2.14. The summed E-state index contributed by atoms with van der Waals surface area (Å²) in [7, 11) is 1.67. The number of guanidine groups is 1. The van der Waals surface area contributed by atoms with Crippen molar-refractivity contribution in [2.75, 3.05) is 45.4 Å². The van der Waals surface area contributed by atoms with Crippen LogP contribution in [0.15, 0.2) is 46.0 Å². The number of thioether (sulfide) groups is 1. The van der Waals surface area contributed by atoms with E-state index in [-0.39, 0.29) is 24.0 Å². The first-order chi connectivity index (χ1) is 13.7. The molecule has 6 nitrogen and oxygen atoms in total. The van der Waals surface area contributed by atoms with Crippen LogP contribution in [0, 0.1) is 6.92 Å². The van der Waals surface area contributed by atoms with Crippen LogP contribution in [-0.2, 0) is 17.7 Å². The molecule has 0 bridgehead atoms. The Morgan fingerprint density at radius 1 is 1.17 bits per heavy atom. The van der Waals surface area contributed by atoms with Crippen molar-refractivity contribution in [3.63, 3.8) is 0 Å². The van der Waals surface area contributed by atoms with E-state index >= 15 is 0 Å². The molecule has 0 saturated carbocycles. The predicted molar refractivity (Wildman–Crippen MR) is 132 cm³/mol. The molecule has 0 unspecified atom stereocenters. The van der Waals surface area contributed by atoms with Crippen molar-refractivity contribution in [2.45, 2.75) is 19.9 Å². The number of halogens is 1. The number of rotatable bonds is 12. The van der Waals surface area contributed by atoms with Gasteiger partial charge in [-0.25, -0.2) is 4.99 Å². The topological polar surface area (TPSA) is 68.0 Å². The van der Waals surface area contributed by atoms with Crippen LogP contribution in [0.3, 0.4) is 0 Å². The SMILES string of the molecule is COCCOc1cc(C)ccc1CN=C(NCCSC)NCCc1ccco1.I. The Morgan fingerprint density at radius 2 is 2.00 bits per heavy atom. The zero-order valence-electron chi connectivity index (χ0n) is 17.4. The van der Waals surface area contributed by atoms with Crippen molar-refractivity contribution >= 4 is 41.7 Å². The van der Waals surface area contributed by atoms with E-state index in [9.17, 15) is 0 Å². The molecule has 0 saturated heterocycles. The van der Waals surface area contributed by atoms with Gasteiger partial charge in [0.1, 0.15) is 18.1 Å². The van der Waals surface area contributed by atoms with Gasteiger partial charge in [0.15, 0.2) is 5.96 Å². The first-order valence-corrected chi connectivity index (χ1v) is 10.9. The largest absolute Gasteiger partial charge is 0.491 e. The van der Waals surface area contributed by atoms with Crippen molar-refractivity contribution in [1.29, 1.82) is 0 Å². The fourth-order valence-corrected chi connectivity index (χ4v) is 2.84. The Kier molecular flexibility index (Phi) is 13.7. The maximum absolute atomic E-state index is 5.87. The third kappa shape index (κ3) is 10.3. The maximum Gasteiger partial charge on any atom is 0.191 e. The predicted octanol–water partition coefficient (Wildman–Crippen LogP) is 3.87. The molecule has 8 heteroatoms. The van der Waals surface area contributed by atoms with Crippen LogP contribution in [0.2, 0.25) is 0 Å². The van der Waals surface area contributed by atoms with E-state index in [0.717, 1.165) is 53.9 Å². The molecule has 162 valence electrons. The zero-order valence-corrected chi connectivity index (χ0v) is 20.5. The summed E-state index contributed by atoms with van der Waals surface area (Å²) in [5.41, 5.74) is 2.22. The first-order valence-electron chi connectivity index (χ1n) is 9.47. The minimum Gasteiger partial charge on any atom is -0.491 e. The lowest BCUT2D eigenvalue weighted by molar-refractivity contribution is 0.145. The van der Waals surface area contributed by atoms with E-state index in [0.29, 0.717) is 19.8 Å². The fraction of sp³-hybridized carbons (Fsp3) is 0.476. The van der Waals surface area contributed by atoms with Gasteiger partial charge in [-0.3, -0.25) is 0 Å². The van der Waals surface area contributed by atoms with Gasteiger partial charge in [-0.2, -0.15) is 11.8 Å². The van der Waals surface area contributed by atoms with Gasteiger partial charge in [0, 0.05) is 37.9 Å². The van der Waals surface area contributed by atoms with Gasteiger partial charge in [0.25, 0.3) is 0 Å². The van der Waals surface area contributed by atoms with Crippen LogP contribution in [0.5, 0.6) is 5.75 Å². The van der Waals surface area contributed by atoms with Crippen LogP contribution in [0.4, 0.5) is 0 Å². The number of nitrogens with zero attached hydrogens (tertiary/aromatic N) is 1. The highest BCUT2D eigenvalue weighted by Crippen LogP contribution is 2.21. The van der Waals surface area contributed by atoms with Crippen LogP contribution in [0.25, 0.3) is 0 Å². The van der Waals surface area contributed by atoms with E-state index in [4.69, 9.17) is 18.9 Å². The van der Waals surface area contributed by atoms with Gasteiger partial charge in [0.2, 0.25) is 0 Å². The van der Waals surface area contributed by atoms with Crippen molar-refractivity contribution < 1.29 is 13.9 Å². The van der Waals surface area contributed by atoms with Crippen LogP contribution in [0.1, 0.15) is 16.9 Å². The van der Waals surface area contributed by atoms with E-state index in [1.54, 1.807) is 25.1 Å². The second kappa shape index (κ2) is 15.4. The minimum absolute atomic E-state index is 0. The highest BCUT2D eigenvalue weighted by Gasteiger charge is 2.06. The molecule has 2 N–H and O–H groups in total. The molecule has 1 aromatic carbocycles. The van der Waals surface area contributed by atoms with Crippen molar-refractivity contribution in [1.82, 2.24) is 10.6 Å². The smallest absolute Gasteiger partial charge is 0.191 e. The molecule has 0 aliphatic rings. The third-order valence-electron chi connectivity index (χ3n) is 4.02. The molecule has 0 amide bonds. The molecule has 2 aromatic rings. The standard InChI is InChI=1S/C21H31N3O3S.HI/c1-17-6-7-18(20(15-17)27-13-12-25-2)16-24-21(23-10-14-28-3)22-9-8-19-5-4-11-26-19;/h4-7,11,15H,8-10,12-14,16H2,1-3H3,(H2,22,23,24);1H. The molecule has 2 rings (SSSR count). The van der Waals surface area contributed by atoms with Crippen LogP contribution < -0.4 is 15.4 Å². The average molecular weight is 533 g/mol. The molecule has 29 heavy (non-hydrogen) atoms. The molecular weight excluding hydrogens is 501 g/mol. The second-order valence-corrected chi connectivity index (χ2v) is 7.28. The van der Waals surface area contributed by atoms with E-state index in [2.05, 4.69) is 35.9 Å². The summed E-state index contributed by atoms with van der Waals surface area (Å²) in [5.74, 6) is 3.64.